The standard InChI is InChI=1S/C13H19Cl2NO/c1-3-4-12(9-17-2)16-8-10-7-11(14)5-6-13(10)15/h5-7,12,16H,3-4,8-9H2,1-2H3. The summed E-state index contributed by atoms with van der Waals surface area (Å²) in [5.74, 6) is 0. The third-order valence-corrected chi connectivity index (χ3v) is 3.20. The molecule has 0 bridgehead atoms. The van der Waals surface area contributed by atoms with E-state index in [2.05, 4.69) is 12.2 Å². The quantitative estimate of drug-likeness (QED) is 0.815. The lowest BCUT2D eigenvalue weighted by Gasteiger charge is -2.17. The van der Waals surface area contributed by atoms with Crippen molar-refractivity contribution in [3.05, 3.63) is 33.8 Å². The number of ether oxygens (including phenoxy) is 1. The number of rotatable bonds is 7. The summed E-state index contributed by atoms with van der Waals surface area (Å²) < 4.78 is 5.18. The van der Waals surface area contributed by atoms with E-state index in [1.54, 1.807) is 13.2 Å². The molecule has 4 heteroatoms. The monoisotopic (exact) mass is 275 g/mol. The van der Waals surface area contributed by atoms with Crippen LogP contribution in [0.5, 0.6) is 0 Å². The van der Waals surface area contributed by atoms with E-state index in [0.29, 0.717) is 24.2 Å². The molecule has 1 aromatic rings. The van der Waals surface area contributed by atoms with Gasteiger partial charge in [0, 0.05) is 29.7 Å². The van der Waals surface area contributed by atoms with Crippen molar-refractivity contribution in [1.29, 1.82) is 0 Å². The Balaban J connectivity index is 2.55. The topological polar surface area (TPSA) is 21.3 Å². The lowest BCUT2D eigenvalue weighted by Crippen LogP contribution is -2.32. The van der Waals surface area contributed by atoms with Gasteiger partial charge in [0.25, 0.3) is 0 Å². The van der Waals surface area contributed by atoms with E-state index in [9.17, 15) is 0 Å². The van der Waals surface area contributed by atoms with Crippen LogP contribution < -0.4 is 5.32 Å². The molecule has 0 amide bonds. The molecule has 2 nitrogen and oxygen atoms in total. The van der Waals surface area contributed by atoms with Gasteiger partial charge in [-0.15, -0.1) is 0 Å². The summed E-state index contributed by atoms with van der Waals surface area (Å²) >= 11 is 12.0. The summed E-state index contributed by atoms with van der Waals surface area (Å²) in [7, 11) is 1.72. The van der Waals surface area contributed by atoms with Crippen LogP contribution >= 0.6 is 23.2 Å². The van der Waals surface area contributed by atoms with E-state index < -0.39 is 0 Å². The maximum Gasteiger partial charge on any atom is 0.0615 e. The van der Waals surface area contributed by atoms with Crippen LogP contribution in [0.1, 0.15) is 25.3 Å². The van der Waals surface area contributed by atoms with Gasteiger partial charge in [-0.2, -0.15) is 0 Å². The van der Waals surface area contributed by atoms with Crippen LogP contribution in [0.4, 0.5) is 0 Å². The van der Waals surface area contributed by atoms with Gasteiger partial charge in [0.2, 0.25) is 0 Å². The minimum atomic E-state index is 0.361. The van der Waals surface area contributed by atoms with Gasteiger partial charge in [0.05, 0.1) is 6.61 Å². The van der Waals surface area contributed by atoms with Crippen LogP contribution in [-0.4, -0.2) is 19.8 Å². The number of benzene rings is 1. The van der Waals surface area contributed by atoms with E-state index in [1.165, 1.54) is 0 Å². The van der Waals surface area contributed by atoms with Crippen LogP contribution in [0, 0.1) is 0 Å². The van der Waals surface area contributed by atoms with Crippen molar-refractivity contribution >= 4 is 23.2 Å². The predicted molar refractivity (Wildman–Crippen MR) is 73.9 cm³/mol. The van der Waals surface area contributed by atoms with Gasteiger partial charge >= 0.3 is 0 Å². The van der Waals surface area contributed by atoms with E-state index >= 15 is 0 Å². The fourth-order valence-electron chi connectivity index (χ4n) is 1.73. The molecule has 0 aliphatic rings. The molecule has 0 spiro atoms. The Morgan fingerprint density at radius 3 is 2.76 bits per heavy atom. The van der Waals surface area contributed by atoms with Crippen LogP contribution in [0.15, 0.2) is 18.2 Å². The fourth-order valence-corrected chi connectivity index (χ4v) is 2.11. The highest BCUT2D eigenvalue weighted by molar-refractivity contribution is 6.33. The zero-order chi connectivity index (χ0) is 12.7. The molecule has 0 aliphatic carbocycles. The van der Waals surface area contributed by atoms with Gasteiger partial charge in [-0.05, 0) is 30.2 Å². The predicted octanol–water partition coefficient (Wildman–Crippen LogP) is 3.90. The van der Waals surface area contributed by atoms with Gasteiger partial charge in [0.1, 0.15) is 0 Å². The molecule has 0 radical (unpaired) electrons. The van der Waals surface area contributed by atoms with Gasteiger partial charge in [-0.1, -0.05) is 36.5 Å². The second-order valence-corrected chi connectivity index (χ2v) is 4.90. The number of hydrogen-bond donors (Lipinski definition) is 1. The number of hydrogen-bond acceptors (Lipinski definition) is 2. The van der Waals surface area contributed by atoms with Crippen molar-refractivity contribution in [2.24, 2.45) is 0 Å². The van der Waals surface area contributed by atoms with E-state index in [-0.39, 0.29) is 0 Å². The third-order valence-electron chi connectivity index (χ3n) is 2.59. The minimum Gasteiger partial charge on any atom is -0.383 e. The van der Waals surface area contributed by atoms with Crippen LogP contribution in [0.3, 0.4) is 0 Å². The van der Waals surface area contributed by atoms with Crippen molar-refractivity contribution in [1.82, 2.24) is 5.32 Å². The van der Waals surface area contributed by atoms with Crippen LogP contribution in [0.25, 0.3) is 0 Å². The molecular weight excluding hydrogens is 257 g/mol. The van der Waals surface area contributed by atoms with E-state index in [0.717, 1.165) is 23.4 Å². The molecule has 0 saturated heterocycles. The lowest BCUT2D eigenvalue weighted by atomic mass is 10.1. The Kier molecular flexibility index (Phi) is 6.90. The SMILES string of the molecule is CCCC(COC)NCc1cc(Cl)ccc1Cl. The molecule has 1 N–H and O–H groups in total. The maximum atomic E-state index is 6.10. The van der Waals surface area contributed by atoms with Crippen molar-refractivity contribution in [2.75, 3.05) is 13.7 Å². The average Bonchev–Trinajstić information content (AvgIpc) is 2.30. The molecule has 17 heavy (non-hydrogen) atoms. The molecule has 1 rings (SSSR count). The Bertz CT molecular complexity index is 338. The van der Waals surface area contributed by atoms with Crippen molar-refractivity contribution in [3.63, 3.8) is 0 Å². The fraction of sp³-hybridized carbons (Fsp3) is 0.538. The highest BCUT2D eigenvalue weighted by atomic mass is 35.5. The van der Waals surface area contributed by atoms with E-state index in [4.69, 9.17) is 27.9 Å². The summed E-state index contributed by atoms with van der Waals surface area (Å²) in [5.41, 5.74) is 1.02. The molecular formula is C13H19Cl2NO. The van der Waals surface area contributed by atoms with E-state index in [1.807, 2.05) is 12.1 Å². The largest absolute Gasteiger partial charge is 0.383 e. The summed E-state index contributed by atoms with van der Waals surface area (Å²) in [6.45, 7) is 3.59. The Labute approximate surface area is 113 Å². The molecule has 1 unspecified atom stereocenters. The van der Waals surface area contributed by atoms with Crippen molar-refractivity contribution in [2.45, 2.75) is 32.4 Å². The first-order valence-electron chi connectivity index (χ1n) is 5.83. The number of halogens is 2. The van der Waals surface area contributed by atoms with Gasteiger partial charge < -0.3 is 10.1 Å². The molecule has 96 valence electrons. The Morgan fingerprint density at radius 2 is 2.12 bits per heavy atom. The zero-order valence-corrected chi connectivity index (χ0v) is 11.8. The summed E-state index contributed by atoms with van der Waals surface area (Å²) in [4.78, 5) is 0. The van der Waals surface area contributed by atoms with Crippen LogP contribution in [0.2, 0.25) is 10.0 Å². The maximum absolute atomic E-state index is 6.10. The molecule has 0 heterocycles. The number of methoxy groups -OCH3 is 1. The first-order valence-corrected chi connectivity index (χ1v) is 6.59. The molecule has 0 aliphatic heterocycles. The first kappa shape index (κ1) is 14.8. The Hall–Kier alpha value is -0.280. The van der Waals surface area contributed by atoms with Crippen molar-refractivity contribution in [3.8, 4) is 0 Å². The Morgan fingerprint density at radius 1 is 1.35 bits per heavy atom. The molecule has 1 aromatic carbocycles. The first-order chi connectivity index (χ1) is 8.17. The number of nitrogens with one attached hydrogen (secondary N) is 1. The summed E-state index contributed by atoms with van der Waals surface area (Å²) in [6, 6.07) is 5.88. The molecule has 0 saturated carbocycles. The second-order valence-electron chi connectivity index (χ2n) is 4.06. The average molecular weight is 276 g/mol. The highest BCUT2D eigenvalue weighted by Gasteiger charge is 2.08. The zero-order valence-electron chi connectivity index (χ0n) is 10.3. The van der Waals surface area contributed by atoms with Crippen molar-refractivity contribution < 1.29 is 4.74 Å². The van der Waals surface area contributed by atoms with Gasteiger partial charge in [-0.3, -0.25) is 0 Å². The van der Waals surface area contributed by atoms with Gasteiger partial charge in [-0.25, -0.2) is 0 Å². The molecule has 0 fully saturated rings. The highest BCUT2D eigenvalue weighted by Crippen LogP contribution is 2.20. The van der Waals surface area contributed by atoms with Gasteiger partial charge in [0.15, 0.2) is 0 Å². The molecule has 0 aromatic heterocycles. The van der Waals surface area contributed by atoms with Crippen LogP contribution in [-0.2, 0) is 11.3 Å². The summed E-state index contributed by atoms with van der Waals surface area (Å²) in [6.07, 6.45) is 2.22. The second kappa shape index (κ2) is 7.93. The third kappa shape index (κ3) is 5.26. The summed E-state index contributed by atoms with van der Waals surface area (Å²) in [5, 5.41) is 4.90. The molecule has 1 atom stereocenters. The smallest absolute Gasteiger partial charge is 0.0615 e. The normalized spacial score (nSPS) is 12.7. The minimum absolute atomic E-state index is 0.361. The lowest BCUT2D eigenvalue weighted by molar-refractivity contribution is 0.161.